The highest BCUT2D eigenvalue weighted by molar-refractivity contribution is 7.99. The molecule has 0 atom stereocenters. The summed E-state index contributed by atoms with van der Waals surface area (Å²) in [7, 11) is 3.35. The highest BCUT2D eigenvalue weighted by Gasteiger charge is 2.15. The summed E-state index contributed by atoms with van der Waals surface area (Å²) < 4.78 is 20.8. The molecule has 0 unspecified atom stereocenters. The monoisotopic (exact) mass is 386 g/mol. The molecular weight excluding hydrogens is 367 g/mol. The van der Waals surface area contributed by atoms with Gasteiger partial charge in [0.1, 0.15) is 11.6 Å². The molecule has 1 heterocycles. The lowest BCUT2D eigenvalue weighted by atomic mass is 10.2. The first-order chi connectivity index (χ1) is 13.1. The van der Waals surface area contributed by atoms with Crippen LogP contribution in [-0.2, 0) is 18.4 Å². The molecular formula is C19H19FN4O2S. The van der Waals surface area contributed by atoms with Crippen LogP contribution in [0.1, 0.15) is 5.56 Å². The molecule has 2 aromatic carbocycles. The Hall–Kier alpha value is -2.87. The summed E-state index contributed by atoms with van der Waals surface area (Å²) in [5, 5.41) is 11.5. The second kappa shape index (κ2) is 8.68. The molecule has 6 nitrogen and oxygen atoms in total. The maximum absolute atomic E-state index is 13.9. The lowest BCUT2D eigenvalue weighted by molar-refractivity contribution is -0.118. The standard InChI is InChI=1S/C19H19FN4O2S/c1-24-18(15-8-3-4-9-16(15)20)22-23-19(24)27-12-17(25)21-11-13-6-5-7-14(10-13)26-2/h3-10H,11-12H2,1-2H3,(H,21,25). The second-order valence-corrected chi connectivity index (χ2v) is 6.70. The van der Waals surface area contributed by atoms with Crippen LogP contribution in [0, 0.1) is 5.82 Å². The number of aromatic nitrogens is 3. The molecule has 8 heteroatoms. The van der Waals surface area contributed by atoms with Gasteiger partial charge in [-0.3, -0.25) is 4.79 Å². The summed E-state index contributed by atoms with van der Waals surface area (Å²) in [6.07, 6.45) is 0. The number of ether oxygens (including phenoxy) is 1. The van der Waals surface area contributed by atoms with Crippen LogP contribution in [-0.4, -0.2) is 33.5 Å². The summed E-state index contributed by atoms with van der Waals surface area (Å²) in [4.78, 5) is 12.1. The third-order valence-electron chi connectivity index (χ3n) is 3.91. The SMILES string of the molecule is COc1cccc(CNC(=O)CSc2nnc(-c3ccccc3F)n2C)c1. The van der Waals surface area contributed by atoms with Gasteiger partial charge in [0.05, 0.1) is 18.4 Å². The van der Waals surface area contributed by atoms with E-state index in [2.05, 4.69) is 15.5 Å². The zero-order chi connectivity index (χ0) is 19.2. The van der Waals surface area contributed by atoms with Gasteiger partial charge in [-0.05, 0) is 29.8 Å². The fraction of sp³-hybridized carbons (Fsp3) is 0.211. The van der Waals surface area contributed by atoms with Gasteiger partial charge in [-0.2, -0.15) is 0 Å². The van der Waals surface area contributed by atoms with Crippen molar-refractivity contribution < 1.29 is 13.9 Å². The summed E-state index contributed by atoms with van der Waals surface area (Å²) in [5.41, 5.74) is 1.33. The Morgan fingerprint density at radius 2 is 2.04 bits per heavy atom. The number of amides is 1. The van der Waals surface area contributed by atoms with Crippen molar-refractivity contribution >= 4 is 17.7 Å². The highest BCUT2D eigenvalue weighted by atomic mass is 32.2. The van der Waals surface area contributed by atoms with E-state index in [1.165, 1.54) is 17.8 Å². The van der Waals surface area contributed by atoms with Crippen molar-refractivity contribution in [1.82, 2.24) is 20.1 Å². The van der Waals surface area contributed by atoms with E-state index >= 15 is 0 Å². The Kier molecular flexibility index (Phi) is 6.08. The van der Waals surface area contributed by atoms with E-state index in [0.29, 0.717) is 23.1 Å². The van der Waals surface area contributed by atoms with Crippen LogP contribution >= 0.6 is 11.8 Å². The van der Waals surface area contributed by atoms with Gasteiger partial charge in [-0.1, -0.05) is 36.0 Å². The summed E-state index contributed by atoms with van der Waals surface area (Å²) in [5.74, 6) is 0.870. The van der Waals surface area contributed by atoms with Gasteiger partial charge in [0.25, 0.3) is 0 Å². The molecule has 0 aliphatic carbocycles. The van der Waals surface area contributed by atoms with Gasteiger partial charge in [0.15, 0.2) is 11.0 Å². The van der Waals surface area contributed by atoms with Crippen LogP contribution in [0.4, 0.5) is 4.39 Å². The molecule has 0 fully saturated rings. The molecule has 0 spiro atoms. The van der Waals surface area contributed by atoms with E-state index in [0.717, 1.165) is 11.3 Å². The van der Waals surface area contributed by atoms with Gasteiger partial charge in [-0.15, -0.1) is 10.2 Å². The summed E-state index contributed by atoms with van der Waals surface area (Å²) >= 11 is 1.25. The Morgan fingerprint density at radius 3 is 2.81 bits per heavy atom. The average molecular weight is 386 g/mol. The lowest BCUT2D eigenvalue weighted by Crippen LogP contribution is -2.24. The van der Waals surface area contributed by atoms with Crippen molar-refractivity contribution in [3.05, 3.63) is 59.9 Å². The van der Waals surface area contributed by atoms with Gasteiger partial charge >= 0.3 is 0 Å². The van der Waals surface area contributed by atoms with Gasteiger partial charge in [0.2, 0.25) is 5.91 Å². The van der Waals surface area contributed by atoms with Crippen LogP contribution in [0.2, 0.25) is 0 Å². The van der Waals surface area contributed by atoms with Crippen LogP contribution in [0.15, 0.2) is 53.7 Å². The molecule has 1 amide bonds. The number of thioether (sulfide) groups is 1. The van der Waals surface area contributed by atoms with Gasteiger partial charge in [-0.25, -0.2) is 4.39 Å². The molecule has 0 saturated heterocycles. The van der Waals surface area contributed by atoms with Crippen molar-refractivity contribution in [3.8, 4) is 17.1 Å². The Labute approximate surface area is 160 Å². The fourth-order valence-corrected chi connectivity index (χ4v) is 3.22. The molecule has 0 saturated carbocycles. The third kappa shape index (κ3) is 4.65. The highest BCUT2D eigenvalue weighted by Crippen LogP contribution is 2.24. The van der Waals surface area contributed by atoms with Crippen LogP contribution < -0.4 is 10.1 Å². The zero-order valence-corrected chi connectivity index (χ0v) is 15.8. The zero-order valence-electron chi connectivity index (χ0n) is 15.0. The minimum absolute atomic E-state index is 0.127. The Bertz CT molecular complexity index is 945. The number of carbonyl (C=O) groups excluding carboxylic acids is 1. The van der Waals surface area contributed by atoms with E-state index < -0.39 is 0 Å². The maximum atomic E-state index is 13.9. The predicted octanol–water partition coefficient (Wildman–Crippen LogP) is 3.04. The quantitative estimate of drug-likeness (QED) is 0.632. The maximum Gasteiger partial charge on any atom is 0.230 e. The van der Waals surface area contributed by atoms with E-state index in [1.54, 1.807) is 36.9 Å². The minimum Gasteiger partial charge on any atom is -0.497 e. The van der Waals surface area contributed by atoms with Crippen LogP contribution in [0.25, 0.3) is 11.4 Å². The lowest BCUT2D eigenvalue weighted by Gasteiger charge is -2.07. The molecule has 0 radical (unpaired) electrons. The number of methoxy groups -OCH3 is 1. The fourth-order valence-electron chi connectivity index (χ4n) is 2.48. The Morgan fingerprint density at radius 1 is 1.22 bits per heavy atom. The molecule has 27 heavy (non-hydrogen) atoms. The summed E-state index contributed by atoms with van der Waals surface area (Å²) in [6.45, 7) is 0.413. The van der Waals surface area contributed by atoms with Crippen molar-refractivity contribution in [2.45, 2.75) is 11.7 Å². The predicted molar refractivity (Wildman–Crippen MR) is 102 cm³/mol. The first-order valence-electron chi connectivity index (χ1n) is 8.25. The largest absolute Gasteiger partial charge is 0.497 e. The van der Waals surface area contributed by atoms with Gasteiger partial charge in [0, 0.05) is 13.6 Å². The average Bonchev–Trinajstić information content (AvgIpc) is 3.05. The van der Waals surface area contributed by atoms with Crippen molar-refractivity contribution in [2.75, 3.05) is 12.9 Å². The second-order valence-electron chi connectivity index (χ2n) is 5.76. The van der Waals surface area contributed by atoms with Crippen molar-refractivity contribution in [3.63, 3.8) is 0 Å². The summed E-state index contributed by atoms with van der Waals surface area (Å²) in [6, 6.07) is 13.9. The van der Waals surface area contributed by atoms with E-state index in [-0.39, 0.29) is 17.5 Å². The molecule has 1 aromatic heterocycles. The van der Waals surface area contributed by atoms with E-state index in [1.807, 2.05) is 24.3 Å². The van der Waals surface area contributed by atoms with Crippen molar-refractivity contribution in [2.24, 2.45) is 7.05 Å². The minimum atomic E-state index is -0.361. The molecule has 0 bridgehead atoms. The third-order valence-corrected chi connectivity index (χ3v) is 4.93. The molecule has 140 valence electrons. The number of rotatable bonds is 7. The van der Waals surface area contributed by atoms with Crippen LogP contribution in [0.5, 0.6) is 5.75 Å². The number of hydrogen-bond acceptors (Lipinski definition) is 5. The smallest absolute Gasteiger partial charge is 0.230 e. The number of benzene rings is 2. The molecule has 3 aromatic rings. The normalized spacial score (nSPS) is 10.6. The first kappa shape index (κ1) is 18.9. The number of nitrogens with one attached hydrogen (secondary N) is 1. The molecule has 1 N–H and O–H groups in total. The van der Waals surface area contributed by atoms with Gasteiger partial charge < -0.3 is 14.6 Å². The number of hydrogen-bond donors (Lipinski definition) is 1. The molecule has 3 rings (SSSR count). The van der Waals surface area contributed by atoms with E-state index in [4.69, 9.17) is 4.74 Å². The number of halogens is 1. The Balaban J connectivity index is 1.57. The number of nitrogens with zero attached hydrogens (tertiary/aromatic N) is 3. The topological polar surface area (TPSA) is 69.0 Å². The first-order valence-corrected chi connectivity index (χ1v) is 9.23. The van der Waals surface area contributed by atoms with E-state index in [9.17, 15) is 9.18 Å². The molecule has 0 aliphatic heterocycles. The van der Waals surface area contributed by atoms with Crippen LogP contribution in [0.3, 0.4) is 0 Å². The molecule has 0 aliphatic rings. The van der Waals surface area contributed by atoms with Crippen molar-refractivity contribution in [1.29, 1.82) is 0 Å². The number of carbonyl (C=O) groups is 1.